The molecule has 0 N–H and O–H groups in total. The van der Waals surface area contributed by atoms with E-state index < -0.39 is 23.5 Å². The monoisotopic (exact) mass is 460 g/mol. The molecule has 1 aromatic rings. The molecule has 0 atom stereocenters. The second-order valence-electron chi connectivity index (χ2n) is 6.40. The first-order chi connectivity index (χ1) is 12.1. The molecule has 0 amide bonds. The first kappa shape index (κ1) is 23.7. The minimum absolute atomic E-state index is 0. The maximum atomic E-state index is 13.0. The highest BCUT2D eigenvalue weighted by Crippen LogP contribution is 2.38. The number of halogens is 7. The van der Waals surface area contributed by atoms with E-state index in [1.54, 1.807) is 6.20 Å². The molecule has 1 aliphatic rings. The number of rotatable bonds is 7. The van der Waals surface area contributed by atoms with Crippen molar-refractivity contribution >= 4 is 22.7 Å². The lowest BCUT2D eigenvalue weighted by Gasteiger charge is -2.23. The molecule has 0 aromatic heterocycles. The van der Waals surface area contributed by atoms with Gasteiger partial charge in [-0.3, -0.25) is 0 Å². The summed E-state index contributed by atoms with van der Waals surface area (Å²) in [7, 11) is 0. The first-order valence-electron chi connectivity index (χ1n) is 8.60. The van der Waals surface area contributed by atoms with Gasteiger partial charge in [0.15, 0.2) is 0 Å². The van der Waals surface area contributed by atoms with Gasteiger partial charge in [0.05, 0.1) is 17.8 Å². The van der Waals surface area contributed by atoms with Crippen LogP contribution in [0.15, 0.2) is 30.6 Å². The molecule has 1 aromatic carbocycles. The highest BCUT2D eigenvalue weighted by molar-refractivity contribution is 8.93. The lowest BCUT2D eigenvalue weighted by Crippen LogP contribution is -2.26. The highest BCUT2D eigenvalue weighted by Gasteiger charge is 2.37. The highest BCUT2D eigenvalue weighted by atomic mass is 79.9. The summed E-state index contributed by atoms with van der Waals surface area (Å²) in [5.41, 5.74) is -2.71. The van der Waals surface area contributed by atoms with Crippen LogP contribution in [0.2, 0.25) is 0 Å². The van der Waals surface area contributed by atoms with E-state index in [0.29, 0.717) is 0 Å². The third kappa shape index (κ3) is 6.93. The molecule has 27 heavy (non-hydrogen) atoms. The van der Waals surface area contributed by atoms with Crippen molar-refractivity contribution in [3.63, 3.8) is 0 Å². The summed E-state index contributed by atoms with van der Waals surface area (Å²) in [6.07, 6.45) is -1.04. The van der Waals surface area contributed by atoms with E-state index in [9.17, 15) is 26.3 Å². The molecule has 0 aliphatic carbocycles. The van der Waals surface area contributed by atoms with E-state index in [1.807, 2.05) is 4.90 Å². The van der Waals surface area contributed by atoms with E-state index in [-0.39, 0.29) is 35.4 Å². The summed E-state index contributed by atoms with van der Waals surface area (Å²) < 4.78 is 77.7. The van der Waals surface area contributed by atoms with E-state index in [4.69, 9.17) is 0 Å². The number of hydrogen-bond donors (Lipinski definition) is 0. The Morgan fingerprint density at radius 1 is 0.815 bits per heavy atom. The Kier molecular flexibility index (Phi) is 8.50. The second-order valence-corrected chi connectivity index (χ2v) is 6.40. The van der Waals surface area contributed by atoms with Crippen molar-refractivity contribution in [3.8, 4) is 0 Å². The predicted molar refractivity (Wildman–Crippen MR) is 98.7 cm³/mol. The zero-order valence-electron chi connectivity index (χ0n) is 14.9. The van der Waals surface area contributed by atoms with Gasteiger partial charge in [0.25, 0.3) is 0 Å². The third-order valence-corrected chi connectivity index (χ3v) is 4.24. The van der Waals surface area contributed by atoms with Crippen molar-refractivity contribution in [2.45, 2.75) is 51.4 Å². The minimum Gasteiger partial charge on any atom is -0.358 e. The number of anilines is 1. The van der Waals surface area contributed by atoms with Gasteiger partial charge in [-0.05, 0) is 24.6 Å². The van der Waals surface area contributed by atoms with E-state index in [1.165, 1.54) is 11.1 Å². The van der Waals surface area contributed by atoms with E-state index in [2.05, 4.69) is 6.92 Å². The Morgan fingerprint density at radius 2 is 1.37 bits per heavy atom. The molecule has 0 unspecified atom stereocenters. The fourth-order valence-electron chi connectivity index (χ4n) is 2.80. The van der Waals surface area contributed by atoms with Gasteiger partial charge in [-0.25, -0.2) is 0 Å². The van der Waals surface area contributed by atoms with Gasteiger partial charge >= 0.3 is 12.4 Å². The van der Waals surface area contributed by atoms with Crippen molar-refractivity contribution in [3.05, 3.63) is 41.7 Å². The Hall–Kier alpha value is -1.38. The summed E-state index contributed by atoms with van der Waals surface area (Å²) in [6.45, 7) is 3.08. The summed E-state index contributed by atoms with van der Waals surface area (Å²) in [4.78, 5) is 3.29. The Bertz CT molecular complexity index is 595. The summed E-state index contributed by atoms with van der Waals surface area (Å²) >= 11 is 0. The molecule has 0 saturated carbocycles. The Labute approximate surface area is 165 Å². The molecule has 154 valence electrons. The molecule has 0 radical (unpaired) electrons. The zero-order valence-corrected chi connectivity index (χ0v) is 16.6. The van der Waals surface area contributed by atoms with Crippen LogP contribution in [0, 0.1) is 0 Å². The molecule has 0 saturated heterocycles. The van der Waals surface area contributed by atoms with Crippen molar-refractivity contribution in [2.24, 2.45) is 0 Å². The molecule has 0 spiro atoms. The predicted octanol–water partition coefficient (Wildman–Crippen LogP) is 6.82. The van der Waals surface area contributed by atoms with E-state index in [0.717, 1.165) is 50.8 Å². The maximum absolute atomic E-state index is 13.0. The van der Waals surface area contributed by atoms with Crippen LogP contribution >= 0.6 is 17.0 Å². The molecular weight excluding hydrogens is 438 g/mol. The SMILES string of the molecule is Br.CCCCCCCN1C=CN(c2cc(C(F)(F)F)cc(C(F)(F)F)c2)C1. The van der Waals surface area contributed by atoms with Crippen molar-refractivity contribution in [1.29, 1.82) is 0 Å². The lowest BCUT2D eigenvalue weighted by atomic mass is 10.1. The van der Waals surface area contributed by atoms with Crippen LogP contribution in [-0.2, 0) is 12.4 Å². The molecule has 1 heterocycles. The van der Waals surface area contributed by atoms with Gasteiger partial charge in [-0.1, -0.05) is 32.6 Å². The average Bonchev–Trinajstić information content (AvgIpc) is 3.01. The number of hydrogen-bond acceptors (Lipinski definition) is 2. The van der Waals surface area contributed by atoms with Gasteiger partial charge in [0.1, 0.15) is 0 Å². The average molecular weight is 461 g/mol. The van der Waals surface area contributed by atoms with Crippen LogP contribution in [0.25, 0.3) is 0 Å². The second kappa shape index (κ2) is 9.71. The van der Waals surface area contributed by atoms with Gasteiger partial charge in [-0.2, -0.15) is 26.3 Å². The third-order valence-electron chi connectivity index (χ3n) is 4.24. The number of unbranched alkanes of at least 4 members (excludes halogenated alkanes) is 4. The molecule has 9 heteroatoms. The fourth-order valence-corrected chi connectivity index (χ4v) is 2.80. The van der Waals surface area contributed by atoms with Crippen LogP contribution in [0.1, 0.15) is 50.2 Å². The maximum Gasteiger partial charge on any atom is 0.416 e. The summed E-state index contributed by atoms with van der Waals surface area (Å²) in [5, 5.41) is 0. The zero-order chi connectivity index (χ0) is 19.4. The lowest BCUT2D eigenvalue weighted by molar-refractivity contribution is -0.143. The molecule has 2 rings (SSSR count). The Balaban J connectivity index is 0.00000364. The van der Waals surface area contributed by atoms with Crippen LogP contribution in [0.5, 0.6) is 0 Å². The fraction of sp³-hybridized carbons (Fsp3) is 0.556. The number of nitrogens with zero attached hydrogens (tertiary/aromatic N) is 2. The quantitative estimate of drug-likeness (QED) is 0.325. The first-order valence-corrected chi connectivity index (χ1v) is 8.60. The van der Waals surface area contributed by atoms with Crippen LogP contribution in [0.4, 0.5) is 32.0 Å². The van der Waals surface area contributed by atoms with Crippen molar-refractivity contribution < 1.29 is 26.3 Å². The van der Waals surface area contributed by atoms with Crippen molar-refractivity contribution in [2.75, 3.05) is 18.1 Å². The summed E-state index contributed by atoms with van der Waals surface area (Å²) in [6, 6.07) is 1.66. The van der Waals surface area contributed by atoms with Gasteiger partial charge in [0, 0.05) is 24.6 Å². The van der Waals surface area contributed by atoms with E-state index >= 15 is 0 Å². The topological polar surface area (TPSA) is 6.48 Å². The molecule has 0 bridgehead atoms. The minimum atomic E-state index is -4.83. The van der Waals surface area contributed by atoms with Crippen LogP contribution in [0.3, 0.4) is 0 Å². The largest absolute Gasteiger partial charge is 0.416 e. The van der Waals surface area contributed by atoms with Gasteiger partial charge in [-0.15, -0.1) is 17.0 Å². The van der Waals surface area contributed by atoms with Crippen molar-refractivity contribution in [1.82, 2.24) is 4.90 Å². The molecule has 2 nitrogen and oxygen atoms in total. The standard InChI is InChI=1S/C18H22F6N2.BrH/c1-2-3-4-5-6-7-25-8-9-26(13-25)16-11-14(17(19,20)21)10-15(12-16)18(22,23)24;/h8-12H,2-7,13H2,1H3;1H. The Morgan fingerprint density at radius 3 is 1.89 bits per heavy atom. The molecular formula is C18H23BrF6N2. The number of alkyl halides is 6. The van der Waals surface area contributed by atoms with Crippen LogP contribution in [-0.4, -0.2) is 18.1 Å². The van der Waals surface area contributed by atoms with Crippen LogP contribution < -0.4 is 4.90 Å². The summed E-state index contributed by atoms with van der Waals surface area (Å²) in [5.74, 6) is 0. The van der Waals surface area contributed by atoms with Gasteiger partial charge < -0.3 is 9.80 Å². The smallest absolute Gasteiger partial charge is 0.358 e. The van der Waals surface area contributed by atoms with Gasteiger partial charge in [0.2, 0.25) is 0 Å². The number of benzene rings is 1. The molecule has 1 aliphatic heterocycles. The normalized spacial score (nSPS) is 14.6. The molecule has 0 fully saturated rings.